The van der Waals surface area contributed by atoms with Crippen LogP contribution in [0.1, 0.15) is 26.2 Å². The Bertz CT molecular complexity index is 516. The molecule has 1 aromatic heterocycles. The Morgan fingerprint density at radius 2 is 2.50 bits per heavy atom. The summed E-state index contributed by atoms with van der Waals surface area (Å²) in [5.74, 6) is 0. The Balaban J connectivity index is 1.63. The number of thiazole rings is 1. The monoisotopic (exact) mass is 261 g/mol. The molecule has 2 N–H and O–H groups in total. The zero-order valence-corrected chi connectivity index (χ0v) is 11.5. The highest BCUT2D eigenvalue weighted by Crippen LogP contribution is 2.23. The maximum Gasteiger partial charge on any atom is 0.0813 e. The van der Waals surface area contributed by atoms with Crippen LogP contribution in [0.2, 0.25) is 0 Å². The predicted octanol–water partition coefficient (Wildman–Crippen LogP) is 3.24. The normalized spacial score (nSPS) is 21.3. The fourth-order valence-corrected chi connectivity index (χ4v) is 3.39. The van der Waals surface area contributed by atoms with Gasteiger partial charge in [0.15, 0.2) is 0 Å². The third-order valence-electron chi connectivity index (χ3n) is 3.54. The minimum Gasteiger partial charge on any atom is -0.382 e. The fraction of sp³-hybridized carbons (Fsp3) is 0.500. The molecule has 0 amide bonds. The van der Waals surface area contributed by atoms with Crippen molar-refractivity contribution in [2.24, 2.45) is 0 Å². The molecule has 4 heteroatoms. The Hall–Kier alpha value is -1.13. The lowest BCUT2D eigenvalue weighted by atomic mass is 10.1. The predicted molar refractivity (Wildman–Crippen MR) is 78.3 cm³/mol. The van der Waals surface area contributed by atoms with E-state index in [-0.39, 0.29) is 0 Å². The van der Waals surface area contributed by atoms with Crippen molar-refractivity contribution in [2.75, 3.05) is 11.9 Å². The molecule has 2 atom stereocenters. The summed E-state index contributed by atoms with van der Waals surface area (Å²) in [6.45, 7) is 3.45. The van der Waals surface area contributed by atoms with Gasteiger partial charge in [-0.2, -0.15) is 0 Å². The summed E-state index contributed by atoms with van der Waals surface area (Å²) in [6, 6.07) is 7.62. The van der Waals surface area contributed by atoms with Crippen LogP contribution < -0.4 is 10.6 Å². The molecule has 1 fully saturated rings. The Labute approximate surface area is 112 Å². The number of aromatic nitrogens is 1. The van der Waals surface area contributed by atoms with E-state index >= 15 is 0 Å². The third-order valence-corrected chi connectivity index (χ3v) is 4.34. The van der Waals surface area contributed by atoms with Gasteiger partial charge in [0.25, 0.3) is 0 Å². The summed E-state index contributed by atoms with van der Waals surface area (Å²) >= 11 is 1.70. The van der Waals surface area contributed by atoms with Crippen molar-refractivity contribution >= 4 is 27.2 Å². The highest BCUT2D eigenvalue weighted by Gasteiger charge is 2.16. The molecule has 1 aromatic carbocycles. The lowest BCUT2D eigenvalue weighted by Gasteiger charge is -2.19. The largest absolute Gasteiger partial charge is 0.382 e. The van der Waals surface area contributed by atoms with Crippen molar-refractivity contribution in [1.29, 1.82) is 0 Å². The molecule has 3 rings (SSSR count). The van der Waals surface area contributed by atoms with Crippen LogP contribution in [0, 0.1) is 0 Å². The number of rotatable bonds is 4. The molecule has 1 saturated heterocycles. The number of benzene rings is 1. The number of hydrogen-bond acceptors (Lipinski definition) is 4. The van der Waals surface area contributed by atoms with Crippen LogP contribution in [0.5, 0.6) is 0 Å². The van der Waals surface area contributed by atoms with Crippen molar-refractivity contribution in [2.45, 2.75) is 38.3 Å². The summed E-state index contributed by atoms with van der Waals surface area (Å²) in [7, 11) is 0. The zero-order chi connectivity index (χ0) is 12.4. The molecular weight excluding hydrogens is 242 g/mol. The summed E-state index contributed by atoms with van der Waals surface area (Å²) < 4.78 is 1.26. The molecule has 0 bridgehead atoms. The van der Waals surface area contributed by atoms with Crippen molar-refractivity contribution in [1.82, 2.24) is 10.3 Å². The molecule has 2 unspecified atom stereocenters. The van der Waals surface area contributed by atoms with E-state index in [1.165, 1.54) is 36.2 Å². The summed E-state index contributed by atoms with van der Waals surface area (Å²) in [6.07, 6.45) is 3.84. The second kappa shape index (κ2) is 5.24. The molecule has 0 aliphatic carbocycles. The first-order valence-electron chi connectivity index (χ1n) is 6.64. The SMILES string of the molecule is CC(CC1CCCN1)Nc1ccc2ncsc2c1. The van der Waals surface area contributed by atoms with Crippen LogP contribution in [0.15, 0.2) is 23.7 Å². The highest BCUT2D eigenvalue weighted by molar-refractivity contribution is 7.16. The Morgan fingerprint density at radius 3 is 3.33 bits per heavy atom. The quantitative estimate of drug-likeness (QED) is 0.887. The van der Waals surface area contributed by atoms with Gasteiger partial charge in [-0.15, -0.1) is 11.3 Å². The minimum absolute atomic E-state index is 0.506. The van der Waals surface area contributed by atoms with Gasteiger partial charge in [-0.3, -0.25) is 0 Å². The van der Waals surface area contributed by atoms with Crippen LogP contribution in [-0.4, -0.2) is 23.6 Å². The molecule has 2 aromatic rings. The molecule has 1 aliphatic heterocycles. The molecule has 3 nitrogen and oxygen atoms in total. The molecule has 1 aliphatic rings. The van der Waals surface area contributed by atoms with Crippen LogP contribution in [-0.2, 0) is 0 Å². The van der Waals surface area contributed by atoms with Gasteiger partial charge in [-0.1, -0.05) is 0 Å². The Kier molecular flexibility index (Phi) is 3.48. The number of fused-ring (bicyclic) bond motifs is 1. The summed E-state index contributed by atoms with van der Waals surface area (Å²) in [4.78, 5) is 4.30. The second-order valence-corrected chi connectivity index (χ2v) is 6.00. The topological polar surface area (TPSA) is 37.0 Å². The van der Waals surface area contributed by atoms with E-state index in [1.807, 2.05) is 5.51 Å². The van der Waals surface area contributed by atoms with Crippen molar-refractivity contribution in [3.8, 4) is 0 Å². The Morgan fingerprint density at radius 1 is 1.56 bits per heavy atom. The van der Waals surface area contributed by atoms with Crippen LogP contribution >= 0.6 is 11.3 Å². The number of hydrogen-bond donors (Lipinski definition) is 2. The van der Waals surface area contributed by atoms with Gasteiger partial charge in [0.05, 0.1) is 15.7 Å². The first-order chi connectivity index (χ1) is 8.81. The van der Waals surface area contributed by atoms with E-state index in [2.05, 4.69) is 40.7 Å². The average Bonchev–Trinajstić information content (AvgIpc) is 2.98. The highest BCUT2D eigenvalue weighted by atomic mass is 32.1. The van der Waals surface area contributed by atoms with Gasteiger partial charge >= 0.3 is 0 Å². The molecule has 0 spiro atoms. The van der Waals surface area contributed by atoms with Gasteiger partial charge in [0.2, 0.25) is 0 Å². The number of nitrogens with one attached hydrogen (secondary N) is 2. The molecule has 18 heavy (non-hydrogen) atoms. The van der Waals surface area contributed by atoms with Gasteiger partial charge in [0, 0.05) is 17.8 Å². The third kappa shape index (κ3) is 2.65. The van der Waals surface area contributed by atoms with E-state index in [9.17, 15) is 0 Å². The maximum atomic E-state index is 4.30. The second-order valence-electron chi connectivity index (χ2n) is 5.11. The maximum absolute atomic E-state index is 4.30. The summed E-state index contributed by atoms with van der Waals surface area (Å²) in [5, 5.41) is 7.14. The molecular formula is C14H19N3S. The summed E-state index contributed by atoms with van der Waals surface area (Å²) in [5.41, 5.74) is 4.20. The van der Waals surface area contributed by atoms with E-state index < -0.39 is 0 Å². The van der Waals surface area contributed by atoms with E-state index in [0.29, 0.717) is 12.1 Å². The van der Waals surface area contributed by atoms with Gasteiger partial charge < -0.3 is 10.6 Å². The van der Waals surface area contributed by atoms with E-state index in [4.69, 9.17) is 0 Å². The van der Waals surface area contributed by atoms with Gasteiger partial charge in [-0.05, 0) is 50.9 Å². The molecule has 2 heterocycles. The number of anilines is 1. The minimum atomic E-state index is 0.506. The zero-order valence-electron chi connectivity index (χ0n) is 10.6. The van der Waals surface area contributed by atoms with Crippen molar-refractivity contribution < 1.29 is 0 Å². The van der Waals surface area contributed by atoms with E-state index in [1.54, 1.807) is 11.3 Å². The van der Waals surface area contributed by atoms with Gasteiger partial charge in [-0.25, -0.2) is 4.98 Å². The van der Waals surface area contributed by atoms with Crippen LogP contribution in [0.25, 0.3) is 10.2 Å². The molecule has 0 saturated carbocycles. The van der Waals surface area contributed by atoms with Crippen molar-refractivity contribution in [3.63, 3.8) is 0 Å². The van der Waals surface area contributed by atoms with Crippen LogP contribution in [0.4, 0.5) is 5.69 Å². The first-order valence-corrected chi connectivity index (χ1v) is 7.52. The number of nitrogens with zero attached hydrogens (tertiary/aromatic N) is 1. The molecule has 96 valence electrons. The van der Waals surface area contributed by atoms with Crippen molar-refractivity contribution in [3.05, 3.63) is 23.7 Å². The smallest absolute Gasteiger partial charge is 0.0813 e. The van der Waals surface area contributed by atoms with Crippen LogP contribution in [0.3, 0.4) is 0 Å². The van der Waals surface area contributed by atoms with Gasteiger partial charge in [0.1, 0.15) is 0 Å². The lowest BCUT2D eigenvalue weighted by Crippen LogP contribution is -2.29. The standard InChI is InChI=1S/C14H19N3S/c1-10(7-11-3-2-6-15-11)17-12-4-5-13-14(8-12)18-9-16-13/h4-5,8-11,15,17H,2-3,6-7H2,1H3. The lowest BCUT2D eigenvalue weighted by molar-refractivity contribution is 0.523. The fourth-order valence-electron chi connectivity index (χ4n) is 2.67. The van der Waals surface area contributed by atoms with E-state index in [0.717, 1.165) is 5.52 Å². The average molecular weight is 261 g/mol. The first kappa shape index (κ1) is 11.9. The molecule has 0 radical (unpaired) electrons.